The summed E-state index contributed by atoms with van der Waals surface area (Å²) in [6.45, 7) is 13.0. The summed E-state index contributed by atoms with van der Waals surface area (Å²) in [7, 11) is 0. The zero-order valence-corrected chi connectivity index (χ0v) is 10.2. The van der Waals surface area contributed by atoms with Crippen LogP contribution in [0.3, 0.4) is 0 Å². The highest BCUT2D eigenvalue weighted by Gasteiger charge is 2.51. The number of fused-ring (bicyclic) bond motifs is 1. The average molecular weight is 209 g/mol. The third kappa shape index (κ3) is 1.85. The number of aliphatic hydroxyl groups excluding tert-OH is 1. The van der Waals surface area contributed by atoms with Gasteiger partial charge in [-0.25, -0.2) is 0 Å². The van der Waals surface area contributed by atoms with E-state index >= 15 is 0 Å². The fourth-order valence-electron chi connectivity index (χ4n) is 3.37. The Labute approximate surface area is 93.0 Å². The molecule has 2 atom stereocenters. The van der Waals surface area contributed by atoms with E-state index in [4.69, 9.17) is 0 Å². The molecule has 2 aliphatic rings. The van der Waals surface area contributed by atoms with E-state index in [0.29, 0.717) is 5.41 Å². The van der Waals surface area contributed by atoms with Gasteiger partial charge in [-0.15, -0.1) is 0 Å². The Morgan fingerprint density at radius 3 is 2.80 bits per heavy atom. The number of nitrogens with zero attached hydrogens (tertiary/aromatic N) is 1. The van der Waals surface area contributed by atoms with Crippen LogP contribution >= 0.6 is 0 Å². The lowest BCUT2D eigenvalue weighted by Gasteiger charge is -2.38. The van der Waals surface area contributed by atoms with Crippen molar-refractivity contribution in [3.8, 4) is 0 Å². The Kier molecular flexibility index (Phi) is 2.47. The largest absolute Gasteiger partial charge is 0.392 e. The van der Waals surface area contributed by atoms with Crippen LogP contribution in [0.1, 0.15) is 40.0 Å². The first-order valence-electron chi connectivity index (χ1n) is 5.95. The van der Waals surface area contributed by atoms with Gasteiger partial charge in [0.2, 0.25) is 0 Å². The van der Waals surface area contributed by atoms with Gasteiger partial charge in [-0.05, 0) is 24.7 Å². The van der Waals surface area contributed by atoms with Gasteiger partial charge in [0.15, 0.2) is 0 Å². The van der Waals surface area contributed by atoms with Crippen LogP contribution < -0.4 is 0 Å². The smallest absolute Gasteiger partial charge is 0.0688 e. The molecule has 0 saturated carbocycles. The topological polar surface area (TPSA) is 23.5 Å². The van der Waals surface area contributed by atoms with E-state index in [1.165, 1.54) is 5.57 Å². The lowest BCUT2D eigenvalue weighted by atomic mass is 9.75. The van der Waals surface area contributed by atoms with E-state index in [1.54, 1.807) is 0 Å². The van der Waals surface area contributed by atoms with Crippen molar-refractivity contribution in [3.63, 3.8) is 0 Å². The molecule has 0 radical (unpaired) electrons. The SMILES string of the molecule is C=C1CCN2CC(O)CC12CC(C)(C)C. The molecule has 2 saturated heterocycles. The summed E-state index contributed by atoms with van der Waals surface area (Å²) >= 11 is 0. The number of rotatable bonds is 1. The Hall–Kier alpha value is -0.340. The van der Waals surface area contributed by atoms with Gasteiger partial charge in [-0.3, -0.25) is 4.90 Å². The molecule has 2 heteroatoms. The van der Waals surface area contributed by atoms with E-state index in [-0.39, 0.29) is 11.6 Å². The summed E-state index contributed by atoms with van der Waals surface area (Å²) in [6.07, 6.45) is 2.98. The first-order chi connectivity index (χ1) is 6.83. The predicted octanol–water partition coefficient (Wildman–Crippen LogP) is 2.19. The van der Waals surface area contributed by atoms with E-state index in [1.807, 2.05) is 0 Å². The maximum atomic E-state index is 9.83. The van der Waals surface area contributed by atoms with Crippen LogP contribution in [0.25, 0.3) is 0 Å². The molecule has 2 nitrogen and oxygen atoms in total. The van der Waals surface area contributed by atoms with Gasteiger partial charge in [0.05, 0.1) is 6.10 Å². The van der Waals surface area contributed by atoms with Crippen molar-refractivity contribution in [1.29, 1.82) is 0 Å². The molecular formula is C13H23NO. The lowest BCUT2D eigenvalue weighted by molar-refractivity contribution is 0.155. The van der Waals surface area contributed by atoms with Gasteiger partial charge in [-0.2, -0.15) is 0 Å². The predicted molar refractivity (Wildman–Crippen MR) is 62.8 cm³/mol. The molecule has 2 fully saturated rings. The second-order valence-electron chi connectivity index (χ2n) is 6.43. The third-order valence-corrected chi connectivity index (χ3v) is 3.77. The summed E-state index contributed by atoms with van der Waals surface area (Å²) in [6, 6.07) is 0. The third-order valence-electron chi connectivity index (χ3n) is 3.77. The van der Waals surface area contributed by atoms with E-state index in [0.717, 1.165) is 32.4 Å². The van der Waals surface area contributed by atoms with Crippen molar-refractivity contribution in [2.45, 2.75) is 51.7 Å². The number of hydrogen-bond donors (Lipinski definition) is 1. The van der Waals surface area contributed by atoms with Gasteiger partial charge in [-0.1, -0.05) is 32.9 Å². The molecule has 0 aromatic rings. The molecule has 2 heterocycles. The highest BCUT2D eigenvalue weighted by atomic mass is 16.3. The molecule has 1 N–H and O–H groups in total. The molecule has 2 rings (SSSR count). The van der Waals surface area contributed by atoms with Gasteiger partial charge in [0.25, 0.3) is 0 Å². The summed E-state index contributed by atoms with van der Waals surface area (Å²) in [5, 5.41) is 9.83. The van der Waals surface area contributed by atoms with Crippen LogP contribution in [0.4, 0.5) is 0 Å². The molecule has 15 heavy (non-hydrogen) atoms. The van der Waals surface area contributed by atoms with E-state index in [2.05, 4.69) is 32.3 Å². The lowest BCUT2D eigenvalue weighted by Crippen LogP contribution is -2.42. The summed E-state index contributed by atoms with van der Waals surface area (Å²) in [4.78, 5) is 2.45. The minimum absolute atomic E-state index is 0.109. The van der Waals surface area contributed by atoms with Crippen molar-refractivity contribution < 1.29 is 5.11 Å². The Bertz CT molecular complexity index is 279. The normalized spacial score (nSPS) is 37.3. The van der Waals surface area contributed by atoms with Crippen LogP contribution in [-0.2, 0) is 0 Å². The summed E-state index contributed by atoms with van der Waals surface area (Å²) < 4.78 is 0. The highest BCUT2D eigenvalue weighted by Crippen LogP contribution is 2.48. The molecule has 0 aliphatic carbocycles. The monoisotopic (exact) mass is 209 g/mol. The Morgan fingerprint density at radius 2 is 2.20 bits per heavy atom. The van der Waals surface area contributed by atoms with E-state index in [9.17, 15) is 5.11 Å². The second-order valence-corrected chi connectivity index (χ2v) is 6.43. The minimum Gasteiger partial charge on any atom is -0.392 e. The number of hydrogen-bond acceptors (Lipinski definition) is 2. The van der Waals surface area contributed by atoms with Crippen LogP contribution in [-0.4, -0.2) is 34.7 Å². The molecule has 0 aromatic heterocycles. The first-order valence-corrected chi connectivity index (χ1v) is 5.95. The maximum Gasteiger partial charge on any atom is 0.0688 e. The van der Waals surface area contributed by atoms with Crippen LogP contribution in [0.2, 0.25) is 0 Å². The Morgan fingerprint density at radius 1 is 1.53 bits per heavy atom. The fourth-order valence-corrected chi connectivity index (χ4v) is 3.37. The molecular weight excluding hydrogens is 186 g/mol. The molecule has 0 aromatic carbocycles. The first kappa shape index (κ1) is 11.2. The molecule has 0 spiro atoms. The zero-order chi connectivity index (χ0) is 11.3. The van der Waals surface area contributed by atoms with Crippen molar-refractivity contribution >= 4 is 0 Å². The van der Waals surface area contributed by atoms with Gasteiger partial charge in [0.1, 0.15) is 0 Å². The molecule has 2 unspecified atom stereocenters. The quantitative estimate of drug-likeness (QED) is 0.669. The second kappa shape index (κ2) is 3.33. The van der Waals surface area contributed by atoms with Crippen molar-refractivity contribution in [3.05, 3.63) is 12.2 Å². The van der Waals surface area contributed by atoms with Crippen LogP contribution in [0, 0.1) is 5.41 Å². The average Bonchev–Trinajstić information content (AvgIpc) is 2.47. The van der Waals surface area contributed by atoms with E-state index < -0.39 is 0 Å². The molecule has 0 amide bonds. The van der Waals surface area contributed by atoms with Crippen molar-refractivity contribution in [2.75, 3.05) is 13.1 Å². The summed E-state index contributed by atoms with van der Waals surface area (Å²) in [5.41, 5.74) is 1.75. The highest BCUT2D eigenvalue weighted by molar-refractivity contribution is 5.27. The van der Waals surface area contributed by atoms with Crippen molar-refractivity contribution in [2.24, 2.45) is 5.41 Å². The van der Waals surface area contributed by atoms with Crippen LogP contribution in [0.5, 0.6) is 0 Å². The fraction of sp³-hybridized carbons (Fsp3) is 0.846. The van der Waals surface area contributed by atoms with Crippen LogP contribution in [0.15, 0.2) is 12.2 Å². The maximum absolute atomic E-state index is 9.83. The van der Waals surface area contributed by atoms with Gasteiger partial charge >= 0.3 is 0 Å². The van der Waals surface area contributed by atoms with Crippen molar-refractivity contribution in [1.82, 2.24) is 4.90 Å². The number of β-amino-alcohol motifs (C(OH)–C–C–N with tert-alkyl or cyclic N) is 1. The standard InChI is InChI=1S/C13H23NO/c1-10-5-6-14-8-11(15)7-13(10,14)9-12(2,3)4/h11,15H,1,5-9H2,2-4H3. The molecule has 0 bridgehead atoms. The minimum atomic E-state index is -0.149. The zero-order valence-electron chi connectivity index (χ0n) is 10.2. The van der Waals surface area contributed by atoms with Gasteiger partial charge < -0.3 is 5.11 Å². The number of aliphatic hydroxyl groups is 1. The Balaban J connectivity index is 2.25. The molecule has 2 aliphatic heterocycles. The molecule has 86 valence electrons. The summed E-state index contributed by atoms with van der Waals surface area (Å²) in [5.74, 6) is 0. The van der Waals surface area contributed by atoms with Gasteiger partial charge in [0, 0.05) is 18.6 Å².